The largest absolute Gasteiger partial charge is 0.338 e. The van der Waals surface area contributed by atoms with E-state index in [1.54, 1.807) is 0 Å². The molecule has 20 heavy (non-hydrogen) atoms. The maximum atomic E-state index is 6.17. The Morgan fingerprint density at radius 2 is 1.80 bits per heavy atom. The van der Waals surface area contributed by atoms with Crippen LogP contribution in [0.15, 0.2) is 28.8 Å². The average molecular weight is 271 g/mol. The summed E-state index contributed by atoms with van der Waals surface area (Å²) in [6.45, 7) is 6.23. The van der Waals surface area contributed by atoms with Gasteiger partial charge in [0.25, 0.3) is 0 Å². The maximum Gasteiger partial charge on any atom is 0.244 e. The smallest absolute Gasteiger partial charge is 0.244 e. The number of fused-ring (bicyclic) bond motifs is 1. The molecule has 1 heterocycles. The van der Waals surface area contributed by atoms with Gasteiger partial charge in [-0.15, -0.1) is 0 Å². The summed E-state index contributed by atoms with van der Waals surface area (Å²) in [5.74, 6) is 1.65. The van der Waals surface area contributed by atoms with Gasteiger partial charge in [-0.3, -0.25) is 0 Å². The van der Waals surface area contributed by atoms with Crippen LogP contribution in [0.5, 0.6) is 0 Å². The summed E-state index contributed by atoms with van der Waals surface area (Å²) in [6.07, 6.45) is 1.97. The standard InChI is InChI=1S/C16H21N3O/c1-16(2,3)13(17)15-18-14(19-20-15)12-8-10-6-4-5-7-11(10)9-12/h4-7,12-13H,8-9,17H2,1-3H3. The molecule has 1 unspecified atom stereocenters. The van der Waals surface area contributed by atoms with Gasteiger partial charge in [-0.25, -0.2) is 0 Å². The van der Waals surface area contributed by atoms with Gasteiger partial charge < -0.3 is 10.3 Å². The first-order valence-corrected chi connectivity index (χ1v) is 7.11. The van der Waals surface area contributed by atoms with Crippen LogP contribution < -0.4 is 5.73 Å². The number of hydrogen-bond donors (Lipinski definition) is 1. The van der Waals surface area contributed by atoms with E-state index in [2.05, 4.69) is 55.2 Å². The molecule has 0 saturated carbocycles. The lowest BCUT2D eigenvalue weighted by Gasteiger charge is -2.23. The molecule has 3 rings (SSSR count). The van der Waals surface area contributed by atoms with E-state index in [0.29, 0.717) is 11.8 Å². The normalized spacial score (nSPS) is 17.2. The van der Waals surface area contributed by atoms with E-state index in [-0.39, 0.29) is 11.5 Å². The second kappa shape index (κ2) is 4.70. The molecule has 0 saturated heterocycles. The molecule has 1 aromatic heterocycles. The molecule has 0 spiro atoms. The first-order chi connectivity index (χ1) is 9.45. The van der Waals surface area contributed by atoms with Crippen LogP contribution in [0.4, 0.5) is 0 Å². The number of rotatable bonds is 2. The highest BCUT2D eigenvalue weighted by atomic mass is 16.5. The van der Waals surface area contributed by atoms with Crippen LogP contribution in [0.2, 0.25) is 0 Å². The molecule has 1 aliphatic carbocycles. The van der Waals surface area contributed by atoms with Crippen molar-refractivity contribution >= 4 is 0 Å². The molecule has 0 radical (unpaired) electrons. The Hall–Kier alpha value is -1.68. The minimum atomic E-state index is -0.229. The molecule has 1 atom stereocenters. The highest BCUT2D eigenvalue weighted by molar-refractivity contribution is 5.34. The molecule has 0 amide bonds. The maximum absolute atomic E-state index is 6.17. The Bertz CT molecular complexity index is 587. The first-order valence-electron chi connectivity index (χ1n) is 7.11. The van der Waals surface area contributed by atoms with Crippen LogP contribution in [-0.2, 0) is 12.8 Å². The second-order valence-electron chi connectivity index (χ2n) is 6.71. The highest BCUT2D eigenvalue weighted by Gasteiger charge is 2.31. The Morgan fingerprint density at radius 3 is 2.35 bits per heavy atom. The Labute approximate surface area is 119 Å². The van der Waals surface area contributed by atoms with Crippen LogP contribution in [0.25, 0.3) is 0 Å². The van der Waals surface area contributed by atoms with Crippen LogP contribution in [0.1, 0.15) is 55.6 Å². The van der Waals surface area contributed by atoms with E-state index in [1.165, 1.54) is 11.1 Å². The fourth-order valence-electron chi connectivity index (χ4n) is 2.65. The van der Waals surface area contributed by atoms with E-state index < -0.39 is 0 Å². The Balaban J connectivity index is 1.80. The van der Waals surface area contributed by atoms with Gasteiger partial charge in [0.05, 0.1) is 6.04 Å². The fourth-order valence-corrected chi connectivity index (χ4v) is 2.65. The van der Waals surface area contributed by atoms with Crippen LogP contribution in [0.3, 0.4) is 0 Å². The number of nitrogens with two attached hydrogens (primary N) is 1. The molecule has 0 aliphatic heterocycles. The zero-order chi connectivity index (χ0) is 14.3. The first kappa shape index (κ1) is 13.3. The third-order valence-electron chi connectivity index (χ3n) is 4.07. The van der Waals surface area contributed by atoms with Crippen LogP contribution in [0, 0.1) is 5.41 Å². The van der Waals surface area contributed by atoms with Crippen LogP contribution in [-0.4, -0.2) is 10.1 Å². The quantitative estimate of drug-likeness (QED) is 0.912. The molecule has 106 valence electrons. The van der Waals surface area contributed by atoms with Crippen LogP contribution >= 0.6 is 0 Å². The van der Waals surface area contributed by atoms with Crippen molar-refractivity contribution < 1.29 is 4.52 Å². The lowest BCUT2D eigenvalue weighted by molar-refractivity contribution is 0.252. The van der Waals surface area contributed by atoms with Crippen molar-refractivity contribution in [3.8, 4) is 0 Å². The average Bonchev–Trinajstić information content (AvgIpc) is 3.03. The van der Waals surface area contributed by atoms with Crippen molar-refractivity contribution in [1.82, 2.24) is 10.1 Å². The molecule has 4 nitrogen and oxygen atoms in total. The lowest BCUT2D eigenvalue weighted by atomic mass is 9.87. The summed E-state index contributed by atoms with van der Waals surface area (Å²) < 4.78 is 5.38. The molecule has 1 aromatic carbocycles. The van der Waals surface area contributed by atoms with E-state index in [4.69, 9.17) is 10.3 Å². The highest BCUT2D eigenvalue weighted by Crippen LogP contribution is 2.34. The van der Waals surface area contributed by atoms with Crippen molar-refractivity contribution in [2.75, 3.05) is 0 Å². The van der Waals surface area contributed by atoms with Gasteiger partial charge in [-0.05, 0) is 29.4 Å². The predicted octanol–water partition coefficient (Wildman–Crippen LogP) is 3.00. The number of benzene rings is 1. The third kappa shape index (κ3) is 2.36. The summed E-state index contributed by atoms with van der Waals surface area (Å²) in [5, 5.41) is 4.15. The minimum Gasteiger partial charge on any atom is -0.338 e. The van der Waals surface area contributed by atoms with Crippen molar-refractivity contribution in [3.63, 3.8) is 0 Å². The summed E-state index contributed by atoms with van der Waals surface area (Å²) in [4.78, 5) is 4.54. The lowest BCUT2D eigenvalue weighted by Crippen LogP contribution is -2.26. The summed E-state index contributed by atoms with van der Waals surface area (Å²) in [7, 11) is 0. The molecule has 2 N–H and O–H groups in total. The molecular weight excluding hydrogens is 250 g/mol. The van der Waals surface area contributed by atoms with Gasteiger partial charge in [0.2, 0.25) is 5.89 Å². The van der Waals surface area contributed by atoms with Crippen molar-refractivity contribution in [2.45, 2.75) is 45.6 Å². The molecule has 0 fully saturated rings. The Morgan fingerprint density at radius 1 is 1.20 bits per heavy atom. The SMILES string of the molecule is CC(C)(C)C(N)c1nc(C2Cc3ccccc3C2)no1. The van der Waals surface area contributed by atoms with Crippen molar-refractivity contribution in [2.24, 2.45) is 11.1 Å². The molecular formula is C16H21N3O. The topological polar surface area (TPSA) is 64.9 Å². The van der Waals surface area contributed by atoms with E-state index in [0.717, 1.165) is 18.7 Å². The van der Waals surface area contributed by atoms with Crippen molar-refractivity contribution in [3.05, 3.63) is 47.1 Å². The molecule has 1 aliphatic rings. The molecule has 2 aromatic rings. The second-order valence-corrected chi connectivity index (χ2v) is 6.71. The number of hydrogen-bond acceptors (Lipinski definition) is 4. The van der Waals surface area contributed by atoms with Gasteiger partial charge in [0.15, 0.2) is 5.82 Å². The van der Waals surface area contributed by atoms with Crippen molar-refractivity contribution in [1.29, 1.82) is 0 Å². The van der Waals surface area contributed by atoms with Gasteiger partial charge in [0.1, 0.15) is 0 Å². The molecule has 4 heteroatoms. The van der Waals surface area contributed by atoms with E-state index in [1.807, 2.05) is 0 Å². The zero-order valence-corrected chi connectivity index (χ0v) is 12.3. The van der Waals surface area contributed by atoms with Gasteiger partial charge in [-0.2, -0.15) is 4.98 Å². The molecule has 0 bridgehead atoms. The van der Waals surface area contributed by atoms with E-state index in [9.17, 15) is 0 Å². The van der Waals surface area contributed by atoms with Gasteiger partial charge in [-0.1, -0.05) is 50.2 Å². The summed E-state index contributed by atoms with van der Waals surface area (Å²) in [6, 6.07) is 8.29. The number of aromatic nitrogens is 2. The van der Waals surface area contributed by atoms with Gasteiger partial charge >= 0.3 is 0 Å². The minimum absolute atomic E-state index is 0.0809. The van der Waals surface area contributed by atoms with Gasteiger partial charge in [0, 0.05) is 5.92 Å². The third-order valence-corrected chi connectivity index (χ3v) is 4.07. The summed E-state index contributed by atoms with van der Waals surface area (Å²) >= 11 is 0. The zero-order valence-electron chi connectivity index (χ0n) is 12.3. The number of nitrogens with zero attached hydrogens (tertiary/aromatic N) is 2. The fraction of sp³-hybridized carbons (Fsp3) is 0.500. The Kier molecular flexibility index (Phi) is 3.13. The summed E-state index contributed by atoms with van der Waals surface area (Å²) in [5.41, 5.74) is 8.88. The predicted molar refractivity (Wildman–Crippen MR) is 77.3 cm³/mol. The monoisotopic (exact) mass is 271 g/mol. The van der Waals surface area contributed by atoms with E-state index >= 15 is 0 Å².